The Bertz CT molecular complexity index is 1050. The zero-order valence-electron chi connectivity index (χ0n) is 14.8. The van der Waals surface area contributed by atoms with E-state index >= 15 is 0 Å². The van der Waals surface area contributed by atoms with Crippen molar-refractivity contribution in [3.05, 3.63) is 77.4 Å². The van der Waals surface area contributed by atoms with E-state index in [2.05, 4.69) is 6.58 Å². The molecule has 0 heterocycles. The molecular formula is C23H20O4. The highest BCUT2D eigenvalue weighted by Gasteiger charge is 2.27. The van der Waals surface area contributed by atoms with Crippen LogP contribution in [0.2, 0.25) is 0 Å². The van der Waals surface area contributed by atoms with Crippen LogP contribution in [0.5, 0.6) is 11.5 Å². The summed E-state index contributed by atoms with van der Waals surface area (Å²) in [4.78, 5) is 12.8. The first-order valence-corrected chi connectivity index (χ1v) is 8.96. The lowest BCUT2D eigenvalue weighted by Crippen LogP contribution is -2.25. The van der Waals surface area contributed by atoms with E-state index < -0.39 is 0 Å². The van der Waals surface area contributed by atoms with Gasteiger partial charge in [-0.1, -0.05) is 43.0 Å². The number of benzene rings is 3. The van der Waals surface area contributed by atoms with Gasteiger partial charge in [0.25, 0.3) is 0 Å². The number of rotatable bonds is 3. The minimum absolute atomic E-state index is 0.129. The van der Waals surface area contributed by atoms with Crippen LogP contribution in [-0.2, 0) is 17.6 Å². The SMILES string of the molecule is C=Cc1cccc2c(C(=O)OC3CCc4c(O)ccc(O)c4C3)cccc12. The molecule has 0 fully saturated rings. The smallest absolute Gasteiger partial charge is 0.339 e. The lowest BCUT2D eigenvalue weighted by Gasteiger charge is -2.26. The van der Waals surface area contributed by atoms with Crippen molar-refractivity contribution in [3.63, 3.8) is 0 Å². The number of aromatic hydroxyl groups is 2. The predicted molar refractivity (Wildman–Crippen MR) is 105 cm³/mol. The molecule has 0 spiro atoms. The van der Waals surface area contributed by atoms with Gasteiger partial charge in [0.1, 0.15) is 17.6 Å². The largest absolute Gasteiger partial charge is 0.508 e. The molecule has 0 saturated carbocycles. The Kier molecular flexibility index (Phi) is 4.32. The van der Waals surface area contributed by atoms with E-state index in [1.807, 2.05) is 30.3 Å². The number of phenols is 2. The van der Waals surface area contributed by atoms with Crippen molar-refractivity contribution in [2.24, 2.45) is 0 Å². The Morgan fingerprint density at radius 2 is 1.70 bits per heavy atom. The first kappa shape index (κ1) is 17.2. The third-order valence-corrected chi connectivity index (χ3v) is 5.20. The Hall–Kier alpha value is -3.27. The van der Waals surface area contributed by atoms with Gasteiger partial charge in [-0.2, -0.15) is 0 Å². The van der Waals surface area contributed by atoms with Gasteiger partial charge in [0, 0.05) is 17.5 Å². The fraction of sp³-hybridized carbons (Fsp3) is 0.174. The molecule has 2 N–H and O–H groups in total. The molecule has 0 bridgehead atoms. The maximum atomic E-state index is 12.8. The van der Waals surface area contributed by atoms with Gasteiger partial charge in [-0.05, 0) is 47.4 Å². The van der Waals surface area contributed by atoms with Crippen LogP contribution >= 0.6 is 0 Å². The number of hydrogen-bond donors (Lipinski definition) is 2. The summed E-state index contributed by atoms with van der Waals surface area (Å²) in [6.45, 7) is 3.83. The van der Waals surface area contributed by atoms with Crippen LogP contribution in [0.15, 0.2) is 55.1 Å². The fourth-order valence-electron chi connectivity index (χ4n) is 3.82. The second-order valence-electron chi connectivity index (χ2n) is 6.78. The van der Waals surface area contributed by atoms with E-state index in [9.17, 15) is 15.0 Å². The minimum Gasteiger partial charge on any atom is -0.508 e. The quantitative estimate of drug-likeness (QED) is 0.529. The molecule has 4 nitrogen and oxygen atoms in total. The third-order valence-electron chi connectivity index (χ3n) is 5.20. The molecule has 1 aliphatic carbocycles. The van der Waals surface area contributed by atoms with Crippen LogP contribution in [-0.4, -0.2) is 22.3 Å². The van der Waals surface area contributed by atoms with Crippen LogP contribution in [0, 0.1) is 0 Å². The molecule has 0 radical (unpaired) electrons. The first-order valence-electron chi connectivity index (χ1n) is 8.96. The van der Waals surface area contributed by atoms with Gasteiger partial charge < -0.3 is 14.9 Å². The van der Waals surface area contributed by atoms with E-state index in [1.54, 1.807) is 12.1 Å². The number of carbonyl (C=O) groups is 1. The van der Waals surface area contributed by atoms with Crippen molar-refractivity contribution < 1.29 is 19.7 Å². The van der Waals surface area contributed by atoms with Gasteiger partial charge in [-0.15, -0.1) is 0 Å². The van der Waals surface area contributed by atoms with E-state index in [0.29, 0.717) is 30.4 Å². The predicted octanol–water partition coefficient (Wildman–Crippen LogP) is 4.61. The molecule has 3 aromatic carbocycles. The molecule has 0 saturated heterocycles. The Morgan fingerprint density at radius 1 is 1.00 bits per heavy atom. The molecule has 136 valence electrons. The van der Waals surface area contributed by atoms with Gasteiger partial charge in [0.15, 0.2) is 0 Å². The summed E-state index contributed by atoms with van der Waals surface area (Å²) in [5.74, 6) is -0.0715. The number of phenolic OH excluding ortho intramolecular Hbond substituents is 2. The molecule has 0 aromatic heterocycles. The van der Waals surface area contributed by atoms with Crippen LogP contribution in [0.1, 0.15) is 33.5 Å². The average Bonchev–Trinajstić information content (AvgIpc) is 2.70. The fourth-order valence-corrected chi connectivity index (χ4v) is 3.82. The van der Waals surface area contributed by atoms with Crippen molar-refractivity contribution in [3.8, 4) is 11.5 Å². The molecule has 3 aromatic rings. The molecule has 4 rings (SSSR count). The highest BCUT2D eigenvalue weighted by molar-refractivity contribution is 6.06. The number of hydrogen-bond acceptors (Lipinski definition) is 4. The van der Waals surface area contributed by atoms with Gasteiger partial charge in [0.05, 0.1) is 5.56 Å². The second-order valence-corrected chi connectivity index (χ2v) is 6.78. The van der Waals surface area contributed by atoms with Crippen LogP contribution in [0.4, 0.5) is 0 Å². The topological polar surface area (TPSA) is 66.8 Å². The zero-order chi connectivity index (χ0) is 19.0. The second kappa shape index (κ2) is 6.80. The molecule has 4 heteroatoms. The maximum absolute atomic E-state index is 12.8. The first-order chi connectivity index (χ1) is 13.1. The summed E-state index contributed by atoms with van der Waals surface area (Å²) in [5.41, 5.74) is 2.88. The molecule has 0 amide bonds. The van der Waals surface area contributed by atoms with Gasteiger partial charge in [-0.3, -0.25) is 0 Å². The van der Waals surface area contributed by atoms with Crippen LogP contribution in [0.25, 0.3) is 16.8 Å². The lowest BCUT2D eigenvalue weighted by molar-refractivity contribution is 0.0271. The summed E-state index contributed by atoms with van der Waals surface area (Å²) < 4.78 is 5.75. The number of ether oxygens (including phenoxy) is 1. The van der Waals surface area contributed by atoms with Gasteiger partial charge in [-0.25, -0.2) is 4.79 Å². The van der Waals surface area contributed by atoms with E-state index in [-0.39, 0.29) is 23.6 Å². The minimum atomic E-state index is -0.380. The van der Waals surface area contributed by atoms with Crippen molar-refractivity contribution in [2.45, 2.75) is 25.4 Å². The molecule has 1 unspecified atom stereocenters. The van der Waals surface area contributed by atoms with Crippen molar-refractivity contribution in [1.82, 2.24) is 0 Å². The Morgan fingerprint density at radius 3 is 2.48 bits per heavy atom. The van der Waals surface area contributed by atoms with E-state index in [4.69, 9.17) is 4.74 Å². The highest BCUT2D eigenvalue weighted by Crippen LogP contribution is 2.36. The number of esters is 1. The van der Waals surface area contributed by atoms with Crippen molar-refractivity contribution in [1.29, 1.82) is 0 Å². The average molecular weight is 360 g/mol. The number of fused-ring (bicyclic) bond motifs is 2. The molecule has 1 aliphatic rings. The monoisotopic (exact) mass is 360 g/mol. The summed E-state index contributed by atoms with van der Waals surface area (Å²) in [6, 6.07) is 14.3. The molecule has 27 heavy (non-hydrogen) atoms. The Labute approximate surface area is 157 Å². The third kappa shape index (κ3) is 3.04. The van der Waals surface area contributed by atoms with Crippen LogP contribution < -0.4 is 0 Å². The van der Waals surface area contributed by atoms with E-state index in [1.165, 1.54) is 12.1 Å². The van der Waals surface area contributed by atoms with Crippen molar-refractivity contribution >= 4 is 22.8 Å². The summed E-state index contributed by atoms with van der Waals surface area (Å²) >= 11 is 0. The highest BCUT2D eigenvalue weighted by atomic mass is 16.5. The summed E-state index contributed by atoms with van der Waals surface area (Å²) in [6.07, 6.45) is 2.99. The summed E-state index contributed by atoms with van der Waals surface area (Å²) in [7, 11) is 0. The standard InChI is InChI=1S/C23H20O4/c1-2-14-5-3-7-17-16(14)6-4-8-19(17)23(26)27-15-9-10-18-20(13-15)22(25)12-11-21(18)24/h2-8,11-12,15,24-25H,1,9-10,13H2. The molecule has 0 aliphatic heterocycles. The van der Waals surface area contributed by atoms with Crippen LogP contribution in [0.3, 0.4) is 0 Å². The number of carbonyl (C=O) groups excluding carboxylic acids is 1. The molecule has 1 atom stereocenters. The van der Waals surface area contributed by atoms with Crippen molar-refractivity contribution in [2.75, 3.05) is 0 Å². The Balaban J connectivity index is 1.61. The lowest BCUT2D eigenvalue weighted by atomic mass is 9.88. The summed E-state index contributed by atoms with van der Waals surface area (Å²) in [5, 5.41) is 21.8. The molecular weight excluding hydrogens is 340 g/mol. The zero-order valence-corrected chi connectivity index (χ0v) is 14.8. The maximum Gasteiger partial charge on any atom is 0.339 e. The van der Waals surface area contributed by atoms with E-state index in [0.717, 1.165) is 21.9 Å². The normalized spacial score (nSPS) is 15.9. The van der Waals surface area contributed by atoms with Gasteiger partial charge >= 0.3 is 5.97 Å². The van der Waals surface area contributed by atoms with Gasteiger partial charge in [0.2, 0.25) is 0 Å².